The molecule has 0 spiro atoms. The quantitative estimate of drug-likeness (QED) is 0.930. The van der Waals surface area contributed by atoms with Gasteiger partial charge in [-0.1, -0.05) is 20.8 Å². The number of hydrogen-bond acceptors (Lipinski definition) is 4. The number of rotatable bonds is 3. The summed E-state index contributed by atoms with van der Waals surface area (Å²) in [5, 5.41) is 2.52. The highest BCUT2D eigenvalue weighted by atomic mass is 16.3. The number of hydrogen-bond donors (Lipinski definition) is 1. The van der Waals surface area contributed by atoms with Crippen LogP contribution < -0.4 is 10.9 Å². The number of pyridine rings is 1. The normalized spacial score (nSPS) is 11.4. The highest BCUT2D eigenvalue weighted by molar-refractivity contribution is 5.93. The SMILES string of the molecule is CNC(=O)c1ccc(=O)n(Cc2nc(C(C)(C)C)co2)c1. The van der Waals surface area contributed by atoms with E-state index in [2.05, 4.69) is 10.3 Å². The first-order valence-corrected chi connectivity index (χ1v) is 6.68. The summed E-state index contributed by atoms with van der Waals surface area (Å²) in [6.07, 6.45) is 3.10. The van der Waals surface area contributed by atoms with Crippen LogP contribution >= 0.6 is 0 Å². The van der Waals surface area contributed by atoms with Crippen molar-refractivity contribution in [1.82, 2.24) is 14.9 Å². The van der Waals surface area contributed by atoms with E-state index in [1.54, 1.807) is 13.3 Å². The molecule has 112 valence electrons. The topological polar surface area (TPSA) is 77.1 Å². The molecule has 0 bridgehead atoms. The van der Waals surface area contributed by atoms with Gasteiger partial charge in [-0.05, 0) is 6.07 Å². The van der Waals surface area contributed by atoms with Crippen LogP contribution in [0.25, 0.3) is 0 Å². The molecule has 6 nitrogen and oxygen atoms in total. The minimum absolute atomic E-state index is 0.114. The third-order valence-corrected chi connectivity index (χ3v) is 3.10. The highest BCUT2D eigenvalue weighted by Crippen LogP contribution is 2.21. The monoisotopic (exact) mass is 289 g/mol. The van der Waals surface area contributed by atoms with Gasteiger partial charge >= 0.3 is 0 Å². The van der Waals surface area contributed by atoms with Gasteiger partial charge in [0.2, 0.25) is 5.89 Å². The number of oxazole rings is 1. The molecule has 21 heavy (non-hydrogen) atoms. The van der Waals surface area contributed by atoms with E-state index < -0.39 is 0 Å². The van der Waals surface area contributed by atoms with Gasteiger partial charge in [-0.3, -0.25) is 9.59 Å². The van der Waals surface area contributed by atoms with Gasteiger partial charge in [0, 0.05) is 24.7 Å². The first kappa shape index (κ1) is 15.0. The van der Waals surface area contributed by atoms with Gasteiger partial charge in [-0.15, -0.1) is 0 Å². The van der Waals surface area contributed by atoms with Crippen molar-refractivity contribution in [3.05, 3.63) is 52.1 Å². The van der Waals surface area contributed by atoms with Gasteiger partial charge in [-0.25, -0.2) is 4.98 Å². The molecule has 0 fully saturated rings. The van der Waals surface area contributed by atoms with Crippen LogP contribution in [0.1, 0.15) is 42.7 Å². The number of carbonyl (C=O) groups is 1. The number of nitrogens with one attached hydrogen (secondary N) is 1. The fraction of sp³-hybridized carbons (Fsp3) is 0.400. The van der Waals surface area contributed by atoms with Crippen molar-refractivity contribution >= 4 is 5.91 Å². The summed E-state index contributed by atoms with van der Waals surface area (Å²) in [7, 11) is 1.54. The van der Waals surface area contributed by atoms with Crippen LogP contribution in [0.5, 0.6) is 0 Å². The van der Waals surface area contributed by atoms with Crippen LogP contribution in [0, 0.1) is 0 Å². The van der Waals surface area contributed by atoms with E-state index in [-0.39, 0.29) is 23.4 Å². The fourth-order valence-corrected chi connectivity index (χ4v) is 1.81. The maximum absolute atomic E-state index is 11.9. The molecule has 2 aromatic rings. The van der Waals surface area contributed by atoms with Crippen LogP contribution in [-0.4, -0.2) is 22.5 Å². The van der Waals surface area contributed by atoms with E-state index in [4.69, 9.17) is 4.42 Å². The number of aromatic nitrogens is 2. The Morgan fingerprint density at radius 1 is 1.38 bits per heavy atom. The van der Waals surface area contributed by atoms with Crippen molar-refractivity contribution in [2.75, 3.05) is 7.05 Å². The van der Waals surface area contributed by atoms with Crippen molar-refractivity contribution in [3.8, 4) is 0 Å². The van der Waals surface area contributed by atoms with E-state index in [0.29, 0.717) is 11.5 Å². The van der Waals surface area contributed by atoms with Crippen LogP contribution in [0.4, 0.5) is 0 Å². The summed E-state index contributed by atoms with van der Waals surface area (Å²) in [5.74, 6) is 0.197. The zero-order valence-electron chi connectivity index (χ0n) is 12.6. The van der Waals surface area contributed by atoms with Crippen LogP contribution in [0.2, 0.25) is 0 Å². The number of nitrogens with zero attached hydrogens (tertiary/aromatic N) is 2. The molecule has 6 heteroatoms. The number of amides is 1. The Labute approximate surface area is 122 Å². The molecule has 0 unspecified atom stereocenters. The van der Waals surface area contributed by atoms with E-state index in [9.17, 15) is 9.59 Å². The molecule has 0 atom stereocenters. The van der Waals surface area contributed by atoms with Crippen molar-refractivity contribution < 1.29 is 9.21 Å². The Morgan fingerprint density at radius 3 is 2.67 bits per heavy atom. The zero-order valence-corrected chi connectivity index (χ0v) is 12.6. The van der Waals surface area contributed by atoms with E-state index in [1.165, 1.54) is 22.9 Å². The molecule has 0 radical (unpaired) electrons. The molecule has 0 aliphatic rings. The number of carbonyl (C=O) groups excluding carboxylic acids is 1. The highest BCUT2D eigenvalue weighted by Gasteiger charge is 2.19. The lowest BCUT2D eigenvalue weighted by Crippen LogP contribution is -2.24. The first-order chi connectivity index (χ1) is 9.81. The fourth-order valence-electron chi connectivity index (χ4n) is 1.81. The van der Waals surface area contributed by atoms with E-state index in [1.807, 2.05) is 20.8 Å². The molecule has 0 aromatic carbocycles. The van der Waals surface area contributed by atoms with Gasteiger partial charge in [0.05, 0.1) is 11.3 Å². The van der Waals surface area contributed by atoms with Crippen molar-refractivity contribution in [2.24, 2.45) is 0 Å². The minimum atomic E-state index is -0.244. The molecule has 2 heterocycles. The summed E-state index contributed by atoms with van der Waals surface area (Å²) < 4.78 is 6.81. The molecule has 1 amide bonds. The lowest BCUT2D eigenvalue weighted by Gasteiger charge is -2.13. The van der Waals surface area contributed by atoms with Crippen LogP contribution in [0.15, 0.2) is 33.8 Å². The average molecular weight is 289 g/mol. The van der Waals surface area contributed by atoms with Crippen LogP contribution in [-0.2, 0) is 12.0 Å². The summed E-state index contributed by atoms with van der Waals surface area (Å²) in [6, 6.07) is 2.85. The Kier molecular flexibility index (Phi) is 3.97. The maximum Gasteiger partial charge on any atom is 0.252 e. The Balaban J connectivity index is 2.29. The lowest BCUT2D eigenvalue weighted by atomic mass is 9.93. The van der Waals surface area contributed by atoms with Crippen LogP contribution in [0.3, 0.4) is 0 Å². The smallest absolute Gasteiger partial charge is 0.252 e. The molecule has 1 N–H and O–H groups in total. The van der Waals surface area contributed by atoms with Gasteiger partial charge < -0.3 is 14.3 Å². The molecule has 0 saturated heterocycles. The third-order valence-electron chi connectivity index (χ3n) is 3.10. The molecule has 0 aliphatic heterocycles. The second-order valence-electron chi connectivity index (χ2n) is 5.84. The molecular weight excluding hydrogens is 270 g/mol. The zero-order chi connectivity index (χ0) is 15.6. The van der Waals surface area contributed by atoms with E-state index in [0.717, 1.165) is 5.69 Å². The maximum atomic E-state index is 11.9. The molecule has 2 rings (SSSR count). The summed E-state index contributed by atoms with van der Waals surface area (Å²) in [5.41, 5.74) is 0.919. The second kappa shape index (κ2) is 5.55. The lowest BCUT2D eigenvalue weighted by molar-refractivity contribution is 0.0962. The van der Waals surface area contributed by atoms with E-state index >= 15 is 0 Å². The van der Waals surface area contributed by atoms with Crippen molar-refractivity contribution in [3.63, 3.8) is 0 Å². The van der Waals surface area contributed by atoms with Crippen molar-refractivity contribution in [1.29, 1.82) is 0 Å². The Hall–Kier alpha value is -2.37. The predicted molar refractivity (Wildman–Crippen MR) is 78.4 cm³/mol. The summed E-state index contributed by atoms with van der Waals surface area (Å²) >= 11 is 0. The van der Waals surface area contributed by atoms with Crippen molar-refractivity contribution in [2.45, 2.75) is 32.7 Å². The molecule has 0 aliphatic carbocycles. The molecular formula is C15H19N3O3. The first-order valence-electron chi connectivity index (χ1n) is 6.68. The Morgan fingerprint density at radius 2 is 2.10 bits per heavy atom. The van der Waals surface area contributed by atoms with Gasteiger partial charge in [-0.2, -0.15) is 0 Å². The van der Waals surface area contributed by atoms with Gasteiger partial charge in [0.15, 0.2) is 0 Å². The molecule has 2 aromatic heterocycles. The Bertz CT molecular complexity index is 707. The standard InChI is InChI=1S/C15H19N3O3/c1-15(2,3)11-9-21-12(17-11)8-18-7-10(14(20)16-4)5-6-13(18)19/h5-7,9H,8H2,1-4H3,(H,16,20). The minimum Gasteiger partial charge on any atom is -0.447 e. The van der Waals surface area contributed by atoms with Gasteiger partial charge in [0.1, 0.15) is 12.8 Å². The largest absolute Gasteiger partial charge is 0.447 e. The third kappa shape index (κ3) is 3.39. The predicted octanol–water partition coefficient (Wildman–Crippen LogP) is 1.54. The summed E-state index contributed by atoms with van der Waals surface area (Å²) in [4.78, 5) is 27.8. The summed E-state index contributed by atoms with van der Waals surface area (Å²) in [6.45, 7) is 6.30. The van der Waals surface area contributed by atoms with Gasteiger partial charge in [0.25, 0.3) is 11.5 Å². The average Bonchev–Trinajstić information content (AvgIpc) is 2.89. The molecule has 0 saturated carbocycles. The second-order valence-corrected chi connectivity index (χ2v) is 5.84.